The Bertz CT molecular complexity index is 1380. The number of allylic oxidation sites excluding steroid dienone is 1. The van der Waals surface area contributed by atoms with Crippen molar-refractivity contribution in [3.63, 3.8) is 0 Å². The first-order valence-electron chi connectivity index (χ1n) is 11.2. The molecule has 2 aromatic carbocycles. The van der Waals surface area contributed by atoms with Crippen molar-refractivity contribution in [1.29, 1.82) is 0 Å². The van der Waals surface area contributed by atoms with E-state index < -0.39 is 29.5 Å². The van der Waals surface area contributed by atoms with Gasteiger partial charge in [-0.25, -0.2) is 9.78 Å². The summed E-state index contributed by atoms with van der Waals surface area (Å²) in [6.07, 6.45) is 2.94. The molecule has 0 aliphatic carbocycles. The molecule has 1 atom stereocenters. The number of nitrogens with zero attached hydrogens (tertiary/aromatic N) is 2. The van der Waals surface area contributed by atoms with Crippen LogP contribution in [0.25, 0.3) is 6.08 Å². The molecule has 3 aromatic rings. The average molecular weight is 505 g/mol. The molecule has 0 spiro atoms. The fourth-order valence-corrected chi connectivity index (χ4v) is 4.92. The fraction of sp³-hybridized carbons (Fsp3) is 0.185. The molecule has 9 heteroatoms. The van der Waals surface area contributed by atoms with Crippen molar-refractivity contribution in [3.8, 4) is 5.75 Å². The van der Waals surface area contributed by atoms with Crippen LogP contribution in [0, 0.1) is 6.92 Å². The largest absolute Gasteiger partial charge is 0.503 e. The Labute approximate surface area is 212 Å². The molecule has 36 heavy (non-hydrogen) atoms. The summed E-state index contributed by atoms with van der Waals surface area (Å²) in [6.45, 7) is 3.90. The van der Waals surface area contributed by atoms with Gasteiger partial charge in [0, 0.05) is 0 Å². The lowest BCUT2D eigenvalue weighted by Crippen LogP contribution is -2.30. The molecule has 1 aliphatic heterocycles. The fourth-order valence-electron chi connectivity index (χ4n) is 3.90. The quantitative estimate of drug-likeness (QED) is 0.346. The van der Waals surface area contributed by atoms with Crippen molar-refractivity contribution < 1.29 is 29.0 Å². The van der Waals surface area contributed by atoms with Gasteiger partial charge in [0.25, 0.3) is 5.91 Å². The molecule has 8 nitrogen and oxygen atoms in total. The molecule has 1 N–H and O–H groups in total. The van der Waals surface area contributed by atoms with Crippen LogP contribution in [0.4, 0.5) is 5.13 Å². The van der Waals surface area contributed by atoms with Crippen molar-refractivity contribution >= 4 is 40.2 Å². The van der Waals surface area contributed by atoms with Crippen LogP contribution in [-0.2, 0) is 14.3 Å². The lowest BCUT2D eigenvalue weighted by Gasteiger charge is -2.24. The van der Waals surface area contributed by atoms with Gasteiger partial charge in [-0.2, -0.15) is 0 Å². The second-order valence-corrected chi connectivity index (χ2v) is 8.83. The molecule has 0 bridgehead atoms. The highest BCUT2D eigenvalue weighted by atomic mass is 32.1. The number of carbonyl (C=O) groups excluding carboxylic acids is 3. The van der Waals surface area contributed by atoms with Crippen LogP contribution >= 0.6 is 11.3 Å². The van der Waals surface area contributed by atoms with E-state index in [1.807, 2.05) is 37.3 Å². The van der Waals surface area contributed by atoms with Crippen molar-refractivity contribution in [2.75, 3.05) is 18.6 Å². The van der Waals surface area contributed by atoms with E-state index in [1.54, 1.807) is 37.3 Å². The number of anilines is 1. The van der Waals surface area contributed by atoms with E-state index >= 15 is 0 Å². The van der Waals surface area contributed by atoms with Crippen LogP contribution in [0.2, 0.25) is 0 Å². The normalized spacial score (nSPS) is 15.6. The molecular formula is C27H24N2O6S. The van der Waals surface area contributed by atoms with Gasteiger partial charge >= 0.3 is 5.97 Å². The molecule has 0 saturated carbocycles. The summed E-state index contributed by atoms with van der Waals surface area (Å²) in [5.41, 5.74) is 1.62. The molecule has 1 unspecified atom stereocenters. The molecule has 184 valence electrons. The lowest BCUT2D eigenvalue weighted by atomic mass is 9.95. The van der Waals surface area contributed by atoms with Gasteiger partial charge in [0.15, 0.2) is 16.7 Å². The number of benzene rings is 2. The van der Waals surface area contributed by atoms with Crippen molar-refractivity contribution in [2.45, 2.75) is 19.9 Å². The first-order chi connectivity index (χ1) is 17.3. The van der Waals surface area contributed by atoms with Gasteiger partial charge in [-0.3, -0.25) is 14.5 Å². The summed E-state index contributed by atoms with van der Waals surface area (Å²) in [6, 6.07) is 15.2. The van der Waals surface area contributed by atoms with Gasteiger partial charge in [-0.05, 0) is 43.2 Å². The maximum absolute atomic E-state index is 13.4. The topological polar surface area (TPSA) is 106 Å². The van der Waals surface area contributed by atoms with E-state index in [1.165, 1.54) is 18.1 Å². The Morgan fingerprint density at radius 2 is 1.92 bits per heavy atom. The highest BCUT2D eigenvalue weighted by Crippen LogP contribution is 2.43. The van der Waals surface area contributed by atoms with E-state index in [-0.39, 0.29) is 15.6 Å². The highest BCUT2D eigenvalue weighted by molar-refractivity contribution is 7.17. The second-order valence-electron chi connectivity index (χ2n) is 7.86. The summed E-state index contributed by atoms with van der Waals surface area (Å²) >= 11 is 0.953. The minimum Gasteiger partial charge on any atom is -0.503 e. The SMILES string of the molecule is CCOc1cccc(C2C(C(=O)C=Cc3ccccc3)=C(O)C(=O)N2c2nc(C)c(C(=O)OC)s2)c1. The number of amides is 1. The summed E-state index contributed by atoms with van der Waals surface area (Å²) < 4.78 is 10.4. The smallest absolute Gasteiger partial charge is 0.350 e. The first-order valence-corrected chi connectivity index (χ1v) is 12.0. The van der Waals surface area contributed by atoms with E-state index in [2.05, 4.69) is 4.98 Å². The molecule has 1 amide bonds. The first kappa shape index (κ1) is 24.9. The molecule has 1 aliphatic rings. The van der Waals surface area contributed by atoms with Crippen molar-refractivity contribution in [2.24, 2.45) is 0 Å². The number of carbonyl (C=O) groups is 3. The van der Waals surface area contributed by atoms with E-state index in [0.717, 1.165) is 16.9 Å². The second kappa shape index (κ2) is 10.6. The van der Waals surface area contributed by atoms with Gasteiger partial charge < -0.3 is 14.6 Å². The molecule has 0 radical (unpaired) electrons. The van der Waals surface area contributed by atoms with Gasteiger partial charge in [-0.15, -0.1) is 0 Å². The standard InChI is InChI=1S/C27H24N2O6S/c1-4-35-19-12-8-11-18(15-19)22-21(20(30)14-13-17-9-6-5-7-10-17)23(31)25(32)29(22)27-28-16(2)24(36-27)26(33)34-3/h5-15,22,31H,4H2,1-3H3. The molecule has 4 rings (SSSR count). The number of aryl methyl sites for hydroxylation is 1. The van der Waals surface area contributed by atoms with Gasteiger partial charge in [0.1, 0.15) is 10.6 Å². The summed E-state index contributed by atoms with van der Waals surface area (Å²) in [5, 5.41) is 11.0. The molecular weight excluding hydrogens is 480 g/mol. The molecule has 2 heterocycles. The highest BCUT2D eigenvalue weighted by Gasteiger charge is 2.45. The van der Waals surface area contributed by atoms with Crippen LogP contribution in [0.3, 0.4) is 0 Å². The molecule has 0 fully saturated rings. The zero-order chi connectivity index (χ0) is 25.8. The number of aromatic nitrogens is 1. The Hall–Kier alpha value is -4.24. The number of aliphatic hydroxyl groups excluding tert-OH is 1. The van der Waals surface area contributed by atoms with Crippen LogP contribution in [0.5, 0.6) is 5.75 Å². The molecule has 1 aromatic heterocycles. The maximum atomic E-state index is 13.4. The number of esters is 1. The number of thiazole rings is 1. The van der Waals surface area contributed by atoms with Crippen LogP contribution in [0.1, 0.15) is 39.5 Å². The zero-order valence-electron chi connectivity index (χ0n) is 19.9. The van der Waals surface area contributed by atoms with Crippen molar-refractivity contribution in [1.82, 2.24) is 4.98 Å². The number of rotatable bonds is 8. The van der Waals surface area contributed by atoms with Crippen molar-refractivity contribution in [3.05, 3.63) is 93.7 Å². The maximum Gasteiger partial charge on any atom is 0.350 e. The lowest BCUT2D eigenvalue weighted by molar-refractivity contribution is -0.117. The van der Waals surface area contributed by atoms with Crippen LogP contribution in [0.15, 0.2) is 72.0 Å². The summed E-state index contributed by atoms with van der Waals surface area (Å²) in [4.78, 5) is 44.7. The van der Waals surface area contributed by atoms with E-state index in [4.69, 9.17) is 9.47 Å². The Balaban J connectivity index is 1.82. The third-order valence-corrected chi connectivity index (χ3v) is 6.68. The number of hydrogen-bond acceptors (Lipinski definition) is 8. The van der Waals surface area contributed by atoms with Crippen LogP contribution < -0.4 is 9.64 Å². The summed E-state index contributed by atoms with van der Waals surface area (Å²) in [5.74, 6) is -2.02. The minimum absolute atomic E-state index is 0.0895. The van der Waals surface area contributed by atoms with Gasteiger partial charge in [-0.1, -0.05) is 59.9 Å². The minimum atomic E-state index is -0.984. The summed E-state index contributed by atoms with van der Waals surface area (Å²) in [7, 11) is 1.26. The van der Waals surface area contributed by atoms with Crippen LogP contribution in [-0.4, -0.2) is 41.5 Å². The Kier molecular flexibility index (Phi) is 7.30. The van der Waals surface area contributed by atoms with Gasteiger partial charge in [0.05, 0.1) is 31.0 Å². The molecule has 0 saturated heterocycles. The predicted molar refractivity (Wildman–Crippen MR) is 136 cm³/mol. The number of methoxy groups -OCH3 is 1. The number of ether oxygens (including phenoxy) is 2. The Morgan fingerprint density at radius 3 is 2.61 bits per heavy atom. The third-order valence-electron chi connectivity index (χ3n) is 5.55. The zero-order valence-corrected chi connectivity index (χ0v) is 20.7. The van der Waals surface area contributed by atoms with E-state index in [9.17, 15) is 19.5 Å². The van der Waals surface area contributed by atoms with E-state index in [0.29, 0.717) is 23.6 Å². The number of ketones is 1. The van der Waals surface area contributed by atoms with Gasteiger partial charge in [0.2, 0.25) is 0 Å². The predicted octanol–water partition coefficient (Wildman–Crippen LogP) is 4.82. The third kappa shape index (κ3) is 4.78. The average Bonchev–Trinajstić information content (AvgIpc) is 3.39. The Morgan fingerprint density at radius 1 is 1.17 bits per heavy atom. The number of aliphatic hydroxyl groups is 1. The monoisotopic (exact) mass is 504 g/mol. The number of hydrogen-bond donors (Lipinski definition) is 1.